The number of rotatable bonds is 5. The van der Waals surface area contributed by atoms with Crippen molar-refractivity contribution in [3.05, 3.63) is 80.3 Å². The van der Waals surface area contributed by atoms with Crippen molar-refractivity contribution < 1.29 is 9.59 Å². The summed E-state index contributed by atoms with van der Waals surface area (Å²) in [4.78, 5) is 26.4. The lowest BCUT2D eigenvalue weighted by atomic mass is 10.2. The van der Waals surface area contributed by atoms with Crippen molar-refractivity contribution in [3.63, 3.8) is 0 Å². The predicted octanol–water partition coefficient (Wildman–Crippen LogP) is 4.53. The van der Waals surface area contributed by atoms with Crippen LogP contribution >= 0.6 is 22.7 Å². The van der Waals surface area contributed by atoms with Crippen LogP contribution in [-0.4, -0.2) is 11.8 Å². The van der Waals surface area contributed by atoms with Gasteiger partial charge in [-0.15, -0.1) is 22.7 Å². The quantitative estimate of drug-likeness (QED) is 0.650. The lowest BCUT2D eigenvalue weighted by Gasteiger charge is -2.10. The summed E-state index contributed by atoms with van der Waals surface area (Å²) in [7, 11) is 0. The molecule has 0 unspecified atom stereocenters. The van der Waals surface area contributed by atoms with Crippen LogP contribution in [0.25, 0.3) is 6.08 Å². The molecule has 0 fully saturated rings. The Morgan fingerprint density at radius 2 is 1.68 bits per heavy atom. The van der Waals surface area contributed by atoms with Crippen LogP contribution in [0.4, 0.5) is 5.69 Å². The molecule has 6 heteroatoms. The van der Waals surface area contributed by atoms with Gasteiger partial charge in [-0.2, -0.15) is 0 Å². The molecule has 0 spiro atoms. The molecular formula is C19H16N2O2S2. The van der Waals surface area contributed by atoms with E-state index in [2.05, 4.69) is 10.6 Å². The molecular weight excluding hydrogens is 352 g/mol. The molecule has 1 aromatic carbocycles. The summed E-state index contributed by atoms with van der Waals surface area (Å²) < 4.78 is 0. The molecule has 3 aromatic rings. The standard InChI is InChI=1S/C19H16N2O2S2/c1-13-6-8-14(9-7-13)20-18(22)16(12-15-4-2-10-24-15)21-19(23)17-5-3-11-25-17/h2-12H,1H3,(H,20,22)(H,21,23). The van der Waals surface area contributed by atoms with E-state index in [4.69, 9.17) is 0 Å². The zero-order valence-electron chi connectivity index (χ0n) is 13.5. The molecule has 0 saturated carbocycles. The van der Waals surface area contributed by atoms with Gasteiger partial charge in [-0.3, -0.25) is 9.59 Å². The molecule has 2 N–H and O–H groups in total. The smallest absolute Gasteiger partial charge is 0.272 e. The topological polar surface area (TPSA) is 58.2 Å². The van der Waals surface area contributed by atoms with E-state index >= 15 is 0 Å². The van der Waals surface area contributed by atoms with Crippen LogP contribution in [0.3, 0.4) is 0 Å². The largest absolute Gasteiger partial charge is 0.321 e. The Morgan fingerprint density at radius 3 is 2.32 bits per heavy atom. The molecule has 2 heterocycles. The molecule has 0 saturated heterocycles. The minimum Gasteiger partial charge on any atom is -0.321 e. The zero-order valence-corrected chi connectivity index (χ0v) is 15.1. The highest BCUT2D eigenvalue weighted by atomic mass is 32.1. The molecule has 25 heavy (non-hydrogen) atoms. The second-order valence-corrected chi connectivity index (χ2v) is 7.25. The molecule has 0 radical (unpaired) electrons. The molecule has 3 rings (SSSR count). The Bertz CT molecular complexity index is 880. The number of benzene rings is 1. The van der Waals surface area contributed by atoms with Gasteiger partial charge in [-0.1, -0.05) is 29.8 Å². The van der Waals surface area contributed by atoms with E-state index in [1.54, 1.807) is 18.2 Å². The molecule has 0 atom stereocenters. The fourth-order valence-corrected chi connectivity index (χ4v) is 3.38. The lowest BCUT2D eigenvalue weighted by Crippen LogP contribution is -2.30. The van der Waals surface area contributed by atoms with Crippen molar-refractivity contribution in [2.24, 2.45) is 0 Å². The Balaban J connectivity index is 1.81. The third kappa shape index (κ3) is 4.65. The molecule has 4 nitrogen and oxygen atoms in total. The van der Waals surface area contributed by atoms with Gasteiger partial charge in [0.1, 0.15) is 5.70 Å². The molecule has 0 aliphatic carbocycles. The van der Waals surface area contributed by atoms with Gasteiger partial charge in [0, 0.05) is 10.6 Å². The molecule has 0 aliphatic heterocycles. The van der Waals surface area contributed by atoms with Crippen LogP contribution in [0, 0.1) is 6.92 Å². The fraction of sp³-hybridized carbons (Fsp3) is 0.0526. The SMILES string of the molecule is Cc1ccc(NC(=O)C(=Cc2cccs2)NC(=O)c2cccs2)cc1. The summed E-state index contributed by atoms with van der Waals surface area (Å²) in [5.41, 5.74) is 2.00. The van der Waals surface area contributed by atoms with E-state index in [0.29, 0.717) is 10.6 Å². The van der Waals surface area contributed by atoms with E-state index in [9.17, 15) is 9.59 Å². The monoisotopic (exact) mass is 368 g/mol. The predicted molar refractivity (Wildman–Crippen MR) is 104 cm³/mol. The fourth-order valence-electron chi connectivity index (χ4n) is 2.10. The van der Waals surface area contributed by atoms with Crippen LogP contribution in [0.2, 0.25) is 0 Å². The maximum Gasteiger partial charge on any atom is 0.272 e. The van der Waals surface area contributed by atoms with Crippen LogP contribution in [0.1, 0.15) is 20.1 Å². The zero-order chi connectivity index (χ0) is 17.6. The Labute approximate surface area is 153 Å². The number of thiophene rings is 2. The highest BCUT2D eigenvalue weighted by Crippen LogP contribution is 2.16. The van der Waals surface area contributed by atoms with Crippen molar-refractivity contribution in [1.29, 1.82) is 0 Å². The number of amides is 2. The normalized spacial score (nSPS) is 11.2. The van der Waals surface area contributed by atoms with Gasteiger partial charge in [0.05, 0.1) is 4.88 Å². The van der Waals surface area contributed by atoms with E-state index in [-0.39, 0.29) is 17.5 Å². The first-order valence-electron chi connectivity index (χ1n) is 7.60. The average Bonchev–Trinajstić information content (AvgIpc) is 3.29. The number of carbonyl (C=O) groups excluding carboxylic acids is 2. The van der Waals surface area contributed by atoms with Gasteiger partial charge < -0.3 is 10.6 Å². The summed E-state index contributed by atoms with van der Waals surface area (Å²) in [5, 5.41) is 9.28. The van der Waals surface area contributed by atoms with Crippen LogP contribution < -0.4 is 10.6 Å². The minimum atomic E-state index is -0.359. The third-order valence-electron chi connectivity index (χ3n) is 3.38. The van der Waals surface area contributed by atoms with Gasteiger partial charge >= 0.3 is 0 Å². The second kappa shape index (κ2) is 7.92. The first kappa shape index (κ1) is 17.1. The van der Waals surface area contributed by atoms with Crippen LogP contribution in [0.15, 0.2) is 65.0 Å². The summed E-state index contributed by atoms with van der Waals surface area (Å²) in [6.07, 6.45) is 1.68. The van der Waals surface area contributed by atoms with Gasteiger partial charge in [0.2, 0.25) is 0 Å². The van der Waals surface area contributed by atoms with Gasteiger partial charge in [0.25, 0.3) is 11.8 Å². The molecule has 0 bridgehead atoms. The van der Waals surface area contributed by atoms with Crippen molar-refractivity contribution >= 4 is 46.3 Å². The highest BCUT2D eigenvalue weighted by molar-refractivity contribution is 7.12. The van der Waals surface area contributed by atoms with Gasteiger partial charge in [-0.25, -0.2) is 0 Å². The Morgan fingerprint density at radius 1 is 0.960 bits per heavy atom. The molecule has 2 aromatic heterocycles. The van der Waals surface area contributed by atoms with Crippen molar-refractivity contribution in [2.75, 3.05) is 5.32 Å². The maximum absolute atomic E-state index is 12.6. The molecule has 2 amide bonds. The first-order valence-corrected chi connectivity index (χ1v) is 9.36. The van der Waals surface area contributed by atoms with Gasteiger partial charge in [-0.05, 0) is 48.0 Å². The van der Waals surface area contributed by atoms with Crippen molar-refractivity contribution in [2.45, 2.75) is 6.92 Å². The highest BCUT2D eigenvalue weighted by Gasteiger charge is 2.15. The number of hydrogen-bond donors (Lipinski definition) is 2. The minimum absolute atomic E-state index is 0.210. The number of aryl methyl sites for hydroxylation is 1. The first-order chi connectivity index (χ1) is 12.1. The van der Waals surface area contributed by atoms with E-state index < -0.39 is 0 Å². The maximum atomic E-state index is 12.6. The number of nitrogens with one attached hydrogen (secondary N) is 2. The van der Waals surface area contributed by atoms with Crippen molar-refractivity contribution in [1.82, 2.24) is 5.32 Å². The van der Waals surface area contributed by atoms with Crippen LogP contribution in [-0.2, 0) is 4.79 Å². The number of hydrogen-bond acceptors (Lipinski definition) is 4. The average molecular weight is 368 g/mol. The summed E-state index contributed by atoms with van der Waals surface area (Å²) in [5.74, 6) is -0.654. The lowest BCUT2D eigenvalue weighted by molar-refractivity contribution is -0.113. The summed E-state index contributed by atoms with van der Waals surface area (Å²) >= 11 is 2.83. The van der Waals surface area contributed by atoms with E-state index in [0.717, 1.165) is 10.4 Å². The third-order valence-corrected chi connectivity index (χ3v) is 5.06. The number of carbonyl (C=O) groups is 2. The van der Waals surface area contributed by atoms with Crippen LogP contribution in [0.5, 0.6) is 0 Å². The summed E-state index contributed by atoms with van der Waals surface area (Å²) in [6, 6.07) is 14.8. The Hall–Kier alpha value is -2.70. The number of anilines is 1. The second-order valence-electron chi connectivity index (χ2n) is 5.33. The van der Waals surface area contributed by atoms with Crippen molar-refractivity contribution in [3.8, 4) is 0 Å². The molecule has 0 aliphatic rings. The van der Waals surface area contributed by atoms with E-state index in [1.165, 1.54) is 22.7 Å². The molecule has 126 valence electrons. The van der Waals surface area contributed by atoms with E-state index in [1.807, 2.05) is 54.1 Å². The summed E-state index contributed by atoms with van der Waals surface area (Å²) in [6.45, 7) is 1.98. The van der Waals surface area contributed by atoms with Gasteiger partial charge in [0.15, 0.2) is 0 Å². The Kier molecular flexibility index (Phi) is 5.42.